The lowest BCUT2D eigenvalue weighted by molar-refractivity contribution is -0.142. The van der Waals surface area contributed by atoms with E-state index >= 15 is 0 Å². The van der Waals surface area contributed by atoms with Gasteiger partial charge in [0.15, 0.2) is 10.9 Å². The molecule has 2 saturated heterocycles. The molecule has 6 aliphatic rings. The number of ether oxygens (including phenoxy) is 6. The molecule has 2 aromatic carbocycles. The second-order valence-corrected chi connectivity index (χ2v) is 35.9. The van der Waals surface area contributed by atoms with Crippen LogP contribution in [0.4, 0.5) is 14.7 Å². The number of alkyl carbamates (subject to hydrolysis) is 2. The molecule has 2 aliphatic heterocycles. The number of amides is 7. The summed E-state index contributed by atoms with van der Waals surface area (Å²) in [5.74, 6) is -2.29. The molecule has 7 amide bonds. The van der Waals surface area contributed by atoms with E-state index in [9.17, 15) is 57.3 Å². The van der Waals surface area contributed by atoms with Crippen molar-refractivity contribution in [1.82, 2.24) is 46.0 Å². The summed E-state index contributed by atoms with van der Waals surface area (Å²) in [6.07, 6.45) is 6.60. The number of rotatable bonds is 28. The van der Waals surface area contributed by atoms with Crippen LogP contribution in [0.25, 0.3) is 33.2 Å². The van der Waals surface area contributed by atoms with E-state index in [-0.39, 0.29) is 86.9 Å². The lowest BCUT2D eigenvalue weighted by atomic mass is 9.85. The summed E-state index contributed by atoms with van der Waals surface area (Å²) in [7, 11) is -5.68. The zero-order chi connectivity index (χ0) is 79.3. The summed E-state index contributed by atoms with van der Waals surface area (Å²) in [6, 6.07) is 9.13. The molecule has 5 aromatic rings. The summed E-state index contributed by atoms with van der Waals surface area (Å²) in [5.41, 5.74) is 0.402. The summed E-state index contributed by atoms with van der Waals surface area (Å²) < 4.78 is 73.6. The predicted molar refractivity (Wildman–Crippen MR) is 411 cm³/mol. The minimum atomic E-state index is -4.85. The third-order valence-electron chi connectivity index (χ3n) is 20.4. The fraction of sp³-hybridized carbons (Fsp3) is 0.560. The van der Waals surface area contributed by atoms with Crippen LogP contribution in [0, 0.1) is 22.7 Å². The number of benzene rings is 2. The van der Waals surface area contributed by atoms with Crippen LogP contribution in [0.5, 0.6) is 23.0 Å². The number of likely N-dealkylation sites (tertiary alicyclic amines) is 2. The van der Waals surface area contributed by atoms with Gasteiger partial charge in [0.05, 0.1) is 62.6 Å². The van der Waals surface area contributed by atoms with Crippen LogP contribution in [0.15, 0.2) is 79.2 Å². The molecule has 592 valence electrons. The molecule has 10 atom stereocenters. The van der Waals surface area contributed by atoms with Crippen molar-refractivity contribution in [2.45, 2.75) is 199 Å². The molecule has 4 saturated carbocycles. The van der Waals surface area contributed by atoms with Crippen molar-refractivity contribution in [2.75, 3.05) is 51.2 Å². The second-order valence-electron chi connectivity index (χ2n) is 30.3. The van der Waals surface area contributed by atoms with Gasteiger partial charge in [0.1, 0.15) is 93.5 Å². The number of thiazole rings is 1. The lowest BCUT2D eigenvalue weighted by Gasteiger charge is -2.36. The molecule has 11 rings (SSSR count). The first-order valence-electron chi connectivity index (χ1n) is 36.6. The first-order valence-corrected chi connectivity index (χ1v) is 41.7. The van der Waals surface area contributed by atoms with Gasteiger partial charge in [-0.1, -0.05) is 69.6 Å². The number of pyridine rings is 2. The quantitative estimate of drug-likeness (QED) is 0.0106. The number of halogens is 1. The molecule has 4 aliphatic carbocycles. The van der Waals surface area contributed by atoms with Crippen LogP contribution in [0.1, 0.15) is 150 Å². The number of carbonyl (C=O) groups is 8. The first-order chi connectivity index (χ1) is 51.5. The zero-order valence-corrected chi connectivity index (χ0v) is 67.4. The van der Waals surface area contributed by atoms with Gasteiger partial charge in [0.25, 0.3) is 0 Å². The Bertz CT molecular complexity index is 4370. The monoisotopic (exact) mass is 1630 g/mol. The van der Waals surface area contributed by atoms with E-state index in [2.05, 4.69) is 65.6 Å². The second kappa shape index (κ2) is 34.3. The van der Waals surface area contributed by atoms with Gasteiger partial charge in [0.2, 0.25) is 29.5 Å². The van der Waals surface area contributed by atoms with Gasteiger partial charge in [-0.15, -0.1) is 24.5 Å². The highest BCUT2D eigenvalue weighted by molar-refractivity contribution is 9.09. The minimum absolute atomic E-state index is 0.0121. The molecule has 30 nitrogen and oxygen atoms in total. The zero-order valence-electron chi connectivity index (χ0n) is 63.2. The molecule has 0 spiro atoms. The Labute approximate surface area is 645 Å². The van der Waals surface area contributed by atoms with Crippen LogP contribution in [0.3, 0.4) is 0 Å². The third-order valence-corrected chi connectivity index (χ3v) is 26.2. The van der Waals surface area contributed by atoms with E-state index in [4.69, 9.17) is 42.5 Å². The predicted octanol–water partition coefficient (Wildman–Crippen LogP) is 11.5. The SMILES string of the molecule is C=C[C@@H]1C[C@]1(NC(=O)[C@@H]1C[C@@H](Oc2cc(-c3csc(NC(C)=O)n3)nc3cc(OC)ccc23)CN1C(=O)[C@@H](NC(=O)OC1CCCC1)C(C)(C)C)P(=O)(O)O.C=C[C@@H]1C[C@]1(NC(=O)[C@@H]1C[C@@H](Oc2cc(C(=O)CBr)nc3cc(OC)ccc23)CN1C(=O)[C@@H](NC(=O)OC1CCCC1)C(C)(C)C)P(=O)(OCC)OCC. The number of aromatic nitrogens is 3. The smallest absolute Gasteiger partial charge is 0.408 e. The normalized spacial score (nSPS) is 23.3. The van der Waals surface area contributed by atoms with Crippen LogP contribution in [-0.2, 0) is 51.6 Å². The molecular weight excluding hydrogens is 1530 g/mol. The van der Waals surface area contributed by atoms with Crippen LogP contribution < -0.4 is 45.5 Å². The summed E-state index contributed by atoms with van der Waals surface area (Å²) in [4.78, 5) is 146. The Morgan fingerprint density at radius 2 is 1.10 bits per heavy atom. The van der Waals surface area contributed by atoms with E-state index in [1.54, 1.807) is 94.6 Å². The Morgan fingerprint density at radius 3 is 1.51 bits per heavy atom. The van der Waals surface area contributed by atoms with Gasteiger partial charge >= 0.3 is 27.4 Å². The average Bonchev–Trinajstić information content (AvgIpc) is 1.56. The summed E-state index contributed by atoms with van der Waals surface area (Å²) in [6.45, 7) is 23.1. The molecule has 0 radical (unpaired) electrons. The molecule has 5 heterocycles. The van der Waals surface area contributed by atoms with Crippen LogP contribution in [-0.4, -0.2) is 187 Å². The topological polar surface area (TPSA) is 390 Å². The Balaban J connectivity index is 0.000000232. The van der Waals surface area contributed by atoms with E-state index in [1.807, 2.05) is 20.8 Å². The van der Waals surface area contributed by atoms with Crippen LogP contribution in [0.2, 0.25) is 0 Å². The number of nitrogens with zero attached hydrogens (tertiary/aromatic N) is 5. The number of nitrogens with one attached hydrogen (secondary N) is 5. The van der Waals surface area contributed by atoms with Gasteiger partial charge in [-0.3, -0.25) is 37.9 Å². The lowest BCUT2D eigenvalue weighted by Crippen LogP contribution is -2.58. The molecule has 3 aromatic heterocycles. The van der Waals surface area contributed by atoms with Crippen molar-refractivity contribution in [3.05, 3.63) is 84.9 Å². The molecule has 0 unspecified atom stereocenters. The first kappa shape index (κ1) is 83.4. The molecule has 0 bridgehead atoms. The number of alkyl halides is 1. The minimum Gasteiger partial charge on any atom is -0.497 e. The number of hydrogen-bond donors (Lipinski definition) is 7. The molecular formula is C75H99BrN10O20P2S. The number of fused-ring (bicyclic) bond motifs is 2. The largest absolute Gasteiger partial charge is 0.497 e. The fourth-order valence-corrected chi connectivity index (χ4v) is 19.1. The number of carbonyl (C=O) groups excluding carboxylic acids is 8. The highest BCUT2D eigenvalue weighted by Crippen LogP contribution is 2.73. The Morgan fingerprint density at radius 1 is 0.651 bits per heavy atom. The number of methoxy groups -OCH3 is 2. The number of Topliss-reactive ketones (excluding diaryl/α,β-unsaturated/α-hetero) is 1. The average molecular weight is 1630 g/mol. The summed E-state index contributed by atoms with van der Waals surface area (Å²) in [5, 5.41) is 13.9. The van der Waals surface area contributed by atoms with Gasteiger partial charge in [-0.2, -0.15) is 0 Å². The fourth-order valence-electron chi connectivity index (χ4n) is 14.5. The summed E-state index contributed by atoms with van der Waals surface area (Å²) >= 11 is 4.44. The molecule has 109 heavy (non-hydrogen) atoms. The molecule has 34 heteroatoms. The van der Waals surface area contributed by atoms with Crippen molar-refractivity contribution in [1.29, 1.82) is 0 Å². The maximum absolute atomic E-state index is 14.7. The number of ketones is 1. The van der Waals surface area contributed by atoms with Crippen molar-refractivity contribution in [3.63, 3.8) is 0 Å². The van der Waals surface area contributed by atoms with E-state index in [0.717, 1.165) is 51.4 Å². The van der Waals surface area contributed by atoms with Crippen molar-refractivity contribution < 1.29 is 94.7 Å². The van der Waals surface area contributed by atoms with Gasteiger partial charge in [-0.25, -0.2) is 24.5 Å². The Kier molecular flexibility index (Phi) is 26.2. The number of anilines is 1. The molecule has 7 N–H and O–H groups in total. The van der Waals surface area contributed by atoms with Gasteiger partial charge in [0, 0.05) is 72.0 Å². The number of hydrogen-bond acceptors (Lipinski definition) is 22. The third kappa shape index (κ3) is 18.9. The van der Waals surface area contributed by atoms with Gasteiger partial charge < -0.3 is 83.6 Å². The standard InChI is InChI=1S/C38H52BrN4O10P.C37H47N6O10PS/c1-8-23-20-38(23,54(48,50-9-2)51-10-3)42-34(45)30-18-26(52-32-19-29(31(44)21-39)40-28-17-25(49-7)15-16-27(28)32)22-43(30)35(46)33(37(4,5)6)41-36(47)53-24-13-11-12-14-24;1-7-21-17-37(21,54(48,49)50)42-32(45)29-15-24(18-43(29)33(46)31(36(3,4)5)41-35(47)53-22-10-8-9-11-22)52-30-16-27(28-19-55-34(40-28)38-20(2)44)39-26-14-23(51-6)12-13-25(26)30/h8,15-17,19,23-24,26,30,33H,1,9-14,18,20-22H2,2-7H3,(H,41,47)(H,42,45);7,12-14,16,19,21-22,24,29,31H,1,8-11,15,17-18H2,2-6H3,(H,41,47)(H,42,45)(H,38,40,44)(H2,48,49,50)/t23-,26-,30+,33-,38+;21-,24-,29+,31-,37+/m11/s1. The van der Waals surface area contributed by atoms with E-state index in [1.165, 1.54) is 48.4 Å². The highest BCUT2D eigenvalue weighted by atomic mass is 79.9. The highest BCUT2D eigenvalue weighted by Gasteiger charge is 2.69. The molecule has 6 fully saturated rings. The van der Waals surface area contributed by atoms with Crippen molar-refractivity contribution >= 4 is 117 Å². The maximum atomic E-state index is 14.7. The Hall–Kier alpha value is -8.09. The van der Waals surface area contributed by atoms with E-state index in [0.29, 0.717) is 61.3 Å². The van der Waals surface area contributed by atoms with Crippen LogP contribution >= 0.6 is 42.5 Å². The maximum Gasteiger partial charge on any atom is 0.408 e. The van der Waals surface area contributed by atoms with Gasteiger partial charge in [-0.05, 0) is 113 Å². The van der Waals surface area contributed by atoms with E-state index < -0.39 is 121 Å². The van der Waals surface area contributed by atoms with Crippen molar-refractivity contribution in [2.24, 2.45) is 22.7 Å². The van der Waals surface area contributed by atoms with Crippen molar-refractivity contribution in [3.8, 4) is 34.4 Å².